The zero-order valence-corrected chi connectivity index (χ0v) is 18.8. The van der Waals surface area contributed by atoms with E-state index in [4.69, 9.17) is 18.9 Å². The number of carbonyl (C=O) groups excluding carboxylic acids is 2. The van der Waals surface area contributed by atoms with E-state index in [-0.39, 0.29) is 24.8 Å². The van der Waals surface area contributed by atoms with Gasteiger partial charge in [0.2, 0.25) is 0 Å². The summed E-state index contributed by atoms with van der Waals surface area (Å²) in [6, 6.07) is 0. The Morgan fingerprint density at radius 2 is 0.964 bits per heavy atom. The largest absolute Gasteiger partial charge is 0.436 e. The Balaban J connectivity index is 3.81. The third-order valence-corrected chi connectivity index (χ3v) is 5.05. The first kappa shape index (κ1) is 26.9. The summed E-state index contributed by atoms with van der Waals surface area (Å²) in [4.78, 5) is 23.7. The molecule has 166 valence electrons. The minimum Gasteiger partial charge on any atom is -0.436 e. The van der Waals surface area contributed by atoms with Gasteiger partial charge < -0.3 is 18.9 Å². The summed E-state index contributed by atoms with van der Waals surface area (Å²) < 4.78 is 21.6. The number of hydrogen-bond donors (Lipinski definition) is 0. The molecule has 0 N–H and O–H groups in total. The Hall–Kier alpha value is -1.14. The molecule has 0 radical (unpaired) electrons. The van der Waals surface area contributed by atoms with Crippen molar-refractivity contribution in [2.24, 2.45) is 11.8 Å². The van der Waals surface area contributed by atoms with Gasteiger partial charge in [0.05, 0.1) is 13.2 Å². The van der Waals surface area contributed by atoms with Crippen LogP contribution in [-0.2, 0) is 28.5 Å². The molecule has 0 saturated heterocycles. The molecule has 0 rings (SSSR count). The lowest BCUT2D eigenvalue weighted by Crippen LogP contribution is -2.22. The predicted octanol–water partition coefficient (Wildman–Crippen LogP) is 5.23. The molecule has 6 heteroatoms. The van der Waals surface area contributed by atoms with Gasteiger partial charge in [0.25, 0.3) is 0 Å². The van der Waals surface area contributed by atoms with Gasteiger partial charge >= 0.3 is 11.9 Å². The first-order valence-electron chi connectivity index (χ1n) is 11.0. The molecule has 0 aliphatic rings. The number of rotatable bonds is 17. The molecular formula is C22H42O6. The van der Waals surface area contributed by atoms with Crippen LogP contribution >= 0.6 is 0 Å². The monoisotopic (exact) mass is 402 g/mol. The van der Waals surface area contributed by atoms with E-state index in [9.17, 15) is 9.59 Å². The van der Waals surface area contributed by atoms with E-state index in [1.807, 2.05) is 0 Å². The predicted molar refractivity (Wildman–Crippen MR) is 110 cm³/mol. The first-order valence-corrected chi connectivity index (χ1v) is 11.0. The van der Waals surface area contributed by atoms with Crippen molar-refractivity contribution in [3.05, 3.63) is 0 Å². The maximum Gasteiger partial charge on any atom is 0.308 e. The van der Waals surface area contributed by atoms with Crippen LogP contribution in [0.2, 0.25) is 0 Å². The van der Waals surface area contributed by atoms with Crippen LogP contribution in [0.25, 0.3) is 0 Å². The zero-order valence-electron chi connectivity index (χ0n) is 18.8. The van der Waals surface area contributed by atoms with Gasteiger partial charge in [-0.2, -0.15) is 0 Å². The van der Waals surface area contributed by atoms with E-state index in [0.717, 1.165) is 25.7 Å². The average molecular weight is 403 g/mol. The molecular weight excluding hydrogens is 360 g/mol. The van der Waals surface area contributed by atoms with Gasteiger partial charge in [-0.3, -0.25) is 9.59 Å². The van der Waals surface area contributed by atoms with E-state index < -0.39 is 12.6 Å². The topological polar surface area (TPSA) is 71.1 Å². The molecule has 0 aromatic rings. The van der Waals surface area contributed by atoms with Crippen LogP contribution < -0.4 is 0 Å². The van der Waals surface area contributed by atoms with Crippen molar-refractivity contribution in [1.82, 2.24) is 0 Å². The fraction of sp³-hybridized carbons (Fsp3) is 0.909. The van der Waals surface area contributed by atoms with Crippen LogP contribution in [0.4, 0.5) is 0 Å². The molecule has 0 saturated carbocycles. The van der Waals surface area contributed by atoms with Gasteiger partial charge in [-0.05, 0) is 38.5 Å². The fourth-order valence-corrected chi connectivity index (χ4v) is 2.69. The minimum atomic E-state index is -0.536. The average Bonchev–Trinajstić information content (AvgIpc) is 2.66. The van der Waals surface area contributed by atoms with E-state index in [2.05, 4.69) is 27.7 Å². The summed E-state index contributed by atoms with van der Waals surface area (Å²) in [7, 11) is 0. The highest BCUT2D eigenvalue weighted by Crippen LogP contribution is 2.12. The molecule has 0 bridgehead atoms. The highest BCUT2D eigenvalue weighted by atomic mass is 16.7. The Labute approximate surface area is 171 Å². The number of esters is 2. The van der Waals surface area contributed by atoms with Gasteiger partial charge in [-0.1, -0.05) is 53.4 Å². The fourth-order valence-electron chi connectivity index (χ4n) is 2.69. The molecule has 0 amide bonds. The molecule has 28 heavy (non-hydrogen) atoms. The molecule has 0 aromatic heterocycles. The third-order valence-electron chi connectivity index (χ3n) is 5.05. The standard InChI is InChI=1S/C22H42O6/c1-7-19(8-2)15-25-17(5)27-21(23)13-11-12-14-22(24)28-18(6)26-16-20(9-3)10-4/h17-20H,7-16H2,1-6H3. The van der Waals surface area contributed by atoms with Gasteiger partial charge in [-0.15, -0.1) is 0 Å². The van der Waals surface area contributed by atoms with Crippen molar-refractivity contribution in [3.63, 3.8) is 0 Å². The summed E-state index contributed by atoms with van der Waals surface area (Å²) in [5.41, 5.74) is 0. The summed E-state index contributed by atoms with van der Waals surface area (Å²) in [5.74, 6) is 0.390. The maximum atomic E-state index is 11.8. The molecule has 0 spiro atoms. The Bertz CT molecular complexity index is 366. The lowest BCUT2D eigenvalue weighted by Gasteiger charge is -2.18. The van der Waals surface area contributed by atoms with E-state index in [1.54, 1.807) is 13.8 Å². The SMILES string of the molecule is CCC(CC)COC(C)OC(=O)CCCCC(=O)OC(C)OCC(CC)CC. The smallest absolute Gasteiger partial charge is 0.308 e. The van der Waals surface area contributed by atoms with Crippen LogP contribution in [0, 0.1) is 11.8 Å². The van der Waals surface area contributed by atoms with E-state index in [1.165, 1.54) is 0 Å². The van der Waals surface area contributed by atoms with Crippen LogP contribution in [0.15, 0.2) is 0 Å². The summed E-state index contributed by atoms with van der Waals surface area (Å²) in [5, 5.41) is 0. The molecule has 0 heterocycles. The van der Waals surface area contributed by atoms with Crippen molar-refractivity contribution in [3.8, 4) is 0 Å². The molecule has 2 atom stereocenters. The second-order valence-electron chi connectivity index (χ2n) is 7.35. The molecule has 2 unspecified atom stereocenters. The third kappa shape index (κ3) is 13.9. The van der Waals surface area contributed by atoms with Gasteiger partial charge in [0.15, 0.2) is 12.6 Å². The summed E-state index contributed by atoms with van der Waals surface area (Å²) in [6.07, 6.45) is 4.83. The lowest BCUT2D eigenvalue weighted by atomic mass is 10.1. The quantitative estimate of drug-likeness (QED) is 0.188. The Morgan fingerprint density at radius 3 is 1.25 bits per heavy atom. The minimum absolute atomic E-state index is 0.271. The van der Waals surface area contributed by atoms with Crippen molar-refractivity contribution >= 4 is 11.9 Å². The van der Waals surface area contributed by atoms with Crippen LogP contribution in [-0.4, -0.2) is 37.7 Å². The van der Waals surface area contributed by atoms with Crippen LogP contribution in [0.1, 0.15) is 92.9 Å². The second-order valence-corrected chi connectivity index (χ2v) is 7.35. The normalized spacial score (nSPS) is 13.6. The zero-order chi connectivity index (χ0) is 21.4. The van der Waals surface area contributed by atoms with Gasteiger partial charge in [-0.25, -0.2) is 0 Å². The Morgan fingerprint density at radius 1 is 0.643 bits per heavy atom. The van der Waals surface area contributed by atoms with E-state index in [0.29, 0.717) is 37.9 Å². The Kier molecular flexibility index (Phi) is 16.1. The summed E-state index contributed by atoms with van der Waals surface area (Å²) in [6.45, 7) is 13.2. The number of carbonyl (C=O) groups is 2. The summed E-state index contributed by atoms with van der Waals surface area (Å²) >= 11 is 0. The molecule has 0 aliphatic carbocycles. The molecule has 0 aliphatic heterocycles. The lowest BCUT2D eigenvalue weighted by molar-refractivity contribution is -0.179. The van der Waals surface area contributed by atoms with Crippen LogP contribution in [0.5, 0.6) is 0 Å². The van der Waals surface area contributed by atoms with Crippen molar-refractivity contribution in [1.29, 1.82) is 0 Å². The second kappa shape index (κ2) is 16.8. The maximum absolute atomic E-state index is 11.8. The van der Waals surface area contributed by atoms with Gasteiger partial charge in [0, 0.05) is 12.8 Å². The van der Waals surface area contributed by atoms with E-state index >= 15 is 0 Å². The molecule has 0 aromatic carbocycles. The van der Waals surface area contributed by atoms with Crippen molar-refractivity contribution < 1.29 is 28.5 Å². The molecule has 6 nitrogen and oxygen atoms in total. The van der Waals surface area contributed by atoms with Crippen molar-refractivity contribution in [2.45, 2.75) is 105 Å². The van der Waals surface area contributed by atoms with Crippen LogP contribution in [0.3, 0.4) is 0 Å². The van der Waals surface area contributed by atoms with Gasteiger partial charge in [0.1, 0.15) is 0 Å². The number of ether oxygens (including phenoxy) is 4. The first-order chi connectivity index (χ1) is 13.4. The number of unbranched alkanes of at least 4 members (excludes halogenated alkanes) is 1. The highest BCUT2D eigenvalue weighted by molar-refractivity contribution is 5.70. The highest BCUT2D eigenvalue weighted by Gasteiger charge is 2.14. The van der Waals surface area contributed by atoms with Crippen molar-refractivity contribution in [2.75, 3.05) is 13.2 Å². The number of hydrogen-bond acceptors (Lipinski definition) is 6. The molecule has 0 fully saturated rings.